The Morgan fingerprint density at radius 3 is 2.39 bits per heavy atom. The van der Waals surface area contributed by atoms with Crippen LogP contribution < -0.4 is 19.5 Å². The Balaban J connectivity index is 1.40. The number of rotatable bonds is 8. The smallest absolute Gasteiger partial charge is 0.263 e. The topological polar surface area (TPSA) is 77.1 Å². The number of piperidine rings is 1. The molecule has 0 bridgehead atoms. The summed E-state index contributed by atoms with van der Waals surface area (Å²) in [7, 11) is 1.55. The maximum absolute atomic E-state index is 12.7. The number of nitrogens with zero attached hydrogens (tertiary/aromatic N) is 1. The van der Waals surface area contributed by atoms with Crippen LogP contribution in [0.15, 0.2) is 48.5 Å². The van der Waals surface area contributed by atoms with Gasteiger partial charge in [0.25, 0.3) is 11.8 Å². The maximum atomic E-state index is 12.7. The minimum atomic E-state index is -0.596. The standard InChI is InChI=1S/C23H27ClN2O5/c1-16(31-19-9-7-17(24)8-10-19)23(28)26-13-11-18(12-14-26)25-22(27)15-30-21-6-4-3-5-20(21)29-2/h3-10,16,18H,11-15H2,1-2H3,(H,25,27). The summed E-state index contributed by atoms with van der Waals surface area (Å²) in [4.78, 5) is 26.7. The summed E-state index contributed by atoms with van der Waals surface area (Å²) in [6, 6.07) is 14.1. The van der Waals surface area contributed by atoms with Gasteiger partial charge < -0.3 is 24.4 Å². The number of methoxy groups -OCH3 is 1. The van der Waals surface area contributed by atoms with Crippen molar-refractivity contribution in [2.75, 3.05) is 26.8 Å². The van der Waals surface area contributed by atoms with Gasteiger partial charge in [-0.1, -0.05) is 23.7 Å². The van der Waals surface area contributed by atoms with E-state index in [1.54, 1.807) is 55.3 Å². The van der Waals surface area contributed by atoms with E-state index in [0.717, 1.165) is 0 Å². The van der Waals surface area contributed by atoms with Gasteiger partial charge in [-0.25, -0.2) is 0 Å². The first-order chi connectivity index (χ1) is 15.0. The van der Waals surface area contributed by atoms with Gasteiger partial charge in [0.2, 0.25) is 0 Å². The number of nitrogens with one attached hydrogen (secondary N) is 1. The van der Waals surface area contributed by atoms with E-state index in [0.29, 0.717) is 48.2 Å². The summed E-state index contributed by atoms with van der Waals surface area (Å²) in [6.07, 6.45) is 0.765. The summed E-state index contributed by atoms with van der Waals surface area (Å²) in [5.74, 6) is 1.43. The second-order valence-electron chi connectivity index (χ2n) is 7.32. The van der Waals surface area contributed by atoms with Crippen molar-refractivity contribution in [1.29, 1.82) is 0 Å². The highest BCUT2D eigenvalue weighted by Crippen LogP contribution is 2.25. The third-order valence-electron chi connectivity index (χ3n) is 5.07. The molecule has 1 saturated heterocycles. The molecule has 3 rings (SSSR count). The first-order valence-corrected chi connectivity index (χ1v) is 10.6. The van der Waals surface area contributed by atoms with E-state index < -0.39 is 6.10 Å². The summed E-state index contributed by atoms with van der Waals surface area (Å²) < 4.78 is 16.5. The van der Waals surface area contributed by atoms with Gasteiger partial charge in [0.15, 0.2) is 24.2 Å². The van der Waals surface area contributed by atoms with Gasteiger partial charge >= 0.3 is 0 Å². The Kier molecular flexibility index (Phi) is 8.00. The molecule has 1 aliphatic rings. The zero-order chi connectivity index (χ0) is 22.2. The quantitative estimate of drug-likeness (QED) is 0.673. The van der Waals surface area contributed by atoms with Gasteiger partial charge in [-0.05, 0) is 56.2 Å². The minimum Gasteiger partial charge on any atom is -0.493 e. The average Bonchev–Trinajstić information content (AvgIpc) is 2.79. The summed E-state index contributed by atoms with van der Waals surface area (Å²) in [6.45, 7) is 2.77. The molecule has 1 fully saturated rings. The molecule has 0 spiro atoms. The fraction of sp³-hybridized carbons (Fsp3) is 0.391. The van der Waals surface area contributed by atoms with Crippen molar-refractivity contribution in [3.05, 3.63) is 53.6 Å². The van der Waals surface area contributed by atoms with Crippen LogP contribution in [0.25, 0.3) is 0 Å². The molecule has 166 valence electrons. The summed E-state index contributed by atoms with van der Waals surface area (Å²) >= 11 is 5.87. The van der Waals surface area contributed by atoms with Crippen LogP contribution in [0.3, 0.4) is 0 Å². The second kappa shape index (κ2) is 10.9. The van der Waals surface area contributed by atoms with Crippen molar-refractivity contribution in [2.45, 2.75) is 31.9 Å². The monoisotopic (exact) mass is 446 g/mol. The van der Waals surface area contributed by atoms with Crippen molar-refractivity contribution in [2.24, 2.45) is 0 Å². The molecule has 7 nitrogen and oxygen atoms in total. The fourth-order valence-electron chi connectivity index (χ4n) is 3.42. The molecule has 1 atom stereocenters. The Morgan fingerprint density at radius 1 is 1.10 bits per heavy atom. The lowest BCUT2D eigenvalue weighted by atomic mass is 10.0. The molecular formula is C23H27ClN2O5. The number of para-hydroxylation sites is 2. The molecule has 31 heavy (non-hydrogen) atoms. The number of amides is 2. The summed E-state index contributed by atoms with van der Waals surface area (Å²) in [5, 5.41) is 3.59. The normalized spacial score (nSPS) is 15.1. The molecule has 1 aliphatic heterocycles. The predicted molar refractivity (Wildman–Crippen MR) is 118 cm³/mol. The number of benzene rings is 2. The number of hydrogen-bond donors (Lipinski definition) is 1. The highest BCUT2D eigenvalue weighted by molar-refractivity contribution is 6.30. The molecule has 0 radical (unpaired) electrons. The highest BCUT2D eigenvalue weighted by atomic mass is 35.5. The fourth-order valence-corrected chi connectivity index (χ4v) is 3.55. The van der Waals surface area contributed by atoms with E-state index in [4.69, 9.17) is 25.8 Å². The molecule has 1 unspecified atom stereocenters. The van der Waals surface area contributed by atoms with Crippen molar-refractivity contribution in [3.8, 4) is 17.2 Å². The third-order valence-corrected chi connectivity index (χ3v) is 5.33. The van der Waals surface area contributed by atoms with Gasteiger partial charge in [0, 0.05) is 24.2 Å². The number of hydrogen-bond acceptors (Lipinski definition) is 5. The third kappa shape index (κ3) is 6.52. The van der Waals surface area contributed by atoms with E-state index in [1.807, 2.05) is 12.1 Å². The van der Waals surface area contributed by atoms with Gasteiger partial charge in [-0.15, -0.1) is 0 Å². The first-order valence-electron chi connectivity index (χ1n) is 10.2. The van der Waals surface area contributed by atoms with Crippen molar-refractivity contribution >= 4 is 23.4 Å². The summed E-state index contributed by atoms with van der Waals surface area (Å²) in [5.41, 5.74) is 0. The van der Waals surface area contributed by atoms with Crippen molar-refractivity contribution < 1.29 is 23.8 Å². The lowest BCUT2D eigenvalue weighted by Crippen LogP contribution is -2.50. The largest absolute Gasteiger partial charge is 0.493 e. The lowest BCUT2D eigenvalue weighted by Gasteiger charge is -2.33. The van der Waals surface area contributed by atoms with E-state index in [2.05, 4.69) is 5.32 Å². The van der Waals surface area contributed by atoms with E-state index >= 15 is 0 Å². The number of ether oxygens (including phenoxy) is 3. The van der Waals surface area contributed by atoms with Crippen LogP contribution in [0, 0.1) is 0 Å². The van der Waals surface area contributed by atoms with Gasteiger partial charge in [-0.2, -0.15) is 0 Å². The van der Waals surface area contributed by atoms with Crippen LogP contribution in [0.1, 0.15) is 19.8 Å². The number of carbonyl (C=O) groups excluding carboxylic acids is 2. The van der Waals surface area contributed by atoms with Crippen LogP contribution >= 0.6 is 11.6 Å². The molecule has 0 saturated carbocycles. The number of carbonyl (C=O) groups is 2. The van der Waals surface area contributed by atoms with E-state index in [9.17, 15) is 9.59 Å². The van der Waals surface area contributed by atoms with Crippen LogP contribution in [-0.4, -0.2) is 55.7 Å². The number of halogens is 1. The molecule has 0 aromatic heterocycles. The minimum absolute atomic E-state index is 0.00492. The van der Waals surface area contributed by atoms with Crippen LogP contribution in [0.5, 0.6) is 17.2 Å². The molecule has 2 aromatic carbocycles. The zero-order valence-electron chi connectivity index (χ0n) is 17.7. The van der Waals surface area contributed by atoms with Crippen LogP contribution in [0.4, 0.5) is 0 Å². The maximum Gasteiger partial charge on any atom is 0.263 e. The number of likely N-dealkylation sites (tertiary alicyclic amines) is 1. The first kappa shape index (κ1) is 22.7. The average molecular weight is 447 g/mol. The lowest BCUT2D eigenvalue weighted by molar-refractivity contribution is -0.139. The van der Waals surface area contributed by atoms with E-state index in [1.165, 1.54) is 0 Å². The predicted octanol–water partition coefficient (Wildman–Crippen LogP) is 3.30. The van der Waals surface area contributed by atoms with Crippen LogP contribution in [-0.2, 0) is 9.59 Å². The Morgan fingerprint density at radius 2 is 1.74 bits per heavy atom. The van der Waals surface area contributed by atoms with Gasteiger partial charge in [0.05, 0.1) is 7.11 Å². The Labute approximate surface area is 187 Å². The molecule has 0 aliphatic carbocycles. The SMILES string of the molecule is COc1ccccc1OCC(=O)NC1CCN(C(=O)C(C)Oc2ccc(Cl)cc2)CC1. The van der Waals surface area contributed by atoms with E-state index in [-0.39, 0.29) is 24.5 Å². The van der Waals surface area contributed by atoms with Crippen molar-refractivity contribution in [3.63, 3.8) is 0 Å². The molecule has 2 aromatic rings. The van der Waals surface area contributed by atoms with Crippen molar-refractivity contribution in [1.82, 2.24) is 10.2 Å². The van der Waals surface area contributed by atoms with Gasteiger partial charge in [0.1, 0.15) is 5.75 Å². The Bertz CT molecular complexity index is 882. The highest BCUT2D eigenvalue weighted by Gasteiger charge is 2.27. The van der Waals surface area contributed by atoms with Gasteiger partial charge in [-0.3, -0.25) is 9.59 Å². The zero-order valence-corrected chi connectivity index (χ0v) is 18.4. The molecular weight excluding hydrogens is 420 g/mol. The second-order valence-corrected chi connectivity index (χ2v) is 7.76. The molecule has 8 heteroatoms. The molecule has 1 N–H and O–H groups in total. The Hall–Kier alpha value is -2.93. The van der Waals surface area contributed by atoms with Crippen LogP contribution in [0.2, 0.25) is 5.02 Å². The molecule has 2 amide bonds. The molecule has 1 heterocycles.